The maximum atomic E-state index is 12.8. The van der Waals surface area contributed by atoms with Crippen molar-refractivity contribution >= 4 is 34.8 Å². The lowest BCUT2D eigenvalue weighted by molar-refractivity contribution is -0.134. The van der Waals surface area contributed by atoms with E-state index in [1.165, 1.54) is 107 Å². The summed E-state index contributed by atoms with van der Waals surface area (Å²) in [5, 5.41) is 8.03. The van der Waals surface area contributed by atoms with Crippen molar-refractivity contribution in [2.24, 2.45) is 0 Å². The highest BCUT2D eigenvalue weighted by Gasteiger charge is 2.26. The molecule has 0 saturated heterocycles. The predicted octanol–water partition coefficient (Wildman–Crippen LogP) is 12.7. The van der Waals surface area contributed by atoms with Crippen LogP contribution in [0.3, 0.4) is 0 Å². The first-order valence-corrected chi connectivity index (χ1v) is 24.1. The molecule has 2 aromatic carbocycles. The zero-order valence-corrected chi connectivity index (χ0v) is 37.0. The Hall–Kier alpha value is -3.49. The summed E-state index contributed by atoms with van der Waals surface area (Å²) < 4.78 is 5.87. The van der Waals surface area contributed by atoms with E-state index in [0.717, 1.165) is 63.6 Å². The van der Waals surface area contributed by atoms with E-state index in [9.17, 15) is 14.4 Å². The first-order valence-electron chi connectivity index (χ1n) is 23.2. The van der Waals surface area contributed by atoms with Gasteiger partial charge < -0.3 is 15.4 Å². The lowest BCUT2D eigenvalue weighted by Crippen LogP contribution is -2.41. The molecule has 8 heteroatoms. The summed E-state index contributed by atoms with van der Waals surface area (Å²) in [5.41, 5.74) is 3.65. The molecule has 58 heavy (non-hydrogen) atoms. The molecule has 1 aliphatic rings. The van der Waals surface area contributed by atoms with Crippen LogP contribution in [0.1, 0.15) is 181 Å². The summed E-state index contributed by atoms with van der Waals surface area (Å²) in [7, 11) is 0. The fraction of sp³-hybridized carbons (Fsp3) is 0.620. The van der Waals surface area contributed by atoms with E-state index < -0.39 is 0 Å². The average Bonchev–Trinajstić information content (AvgIpc) is 3.76. The molecule has 4 rings (SSSR count). The first kappa shape index (κ1) is 47.2. The molecule has 7 nitrogen and oxygen atoms in total. The van der Waals surface area contributed by atoms with Crippen LogP contribution in [0.15, 0.2) is 60.0 Å². The minimum Gasteiger partial charge on any atom is -0.426 e. The second-order valence-corrected chi connectivity index (χ2v) is 17.6. The van der Waals surface area contributed by atoms with Gasteiger partial charge in [-0.25, -0.2) is 0 Å². The number of carbonyl (C=O) groups is 3. The molecule has 0 bridgehead atoms. The van der Waals surface area contributed by atoms with Gasteiger partial charge in [-0.2, -0.15) is 0 Å². The molecule has 320 valence electrons. The van der Waals surface area contributed by atoms with Crippen LogP contribution < -0.4 is 15.4 Å². The van der Waals surface area contributed by atoms with E-state index in [1.807, 2.05) is 23.5 Å². The lowest BCUT2D eigenvalue weighted by Gasteiger charge is -2.35. The third-order valence-electron chi connectivity index (χ3n) is 11.7. The van der Waals surface area contributed by atoms with Gasteiger partial charge in [-0.15, -0.1) is 11.3 Å². The van der Waals surface area contributed by atoms with E-state index in [2.05, 4.69) is 53.0 Å². The molecule has 0 saturated carbocycles. The Labute approximate surface area is 355 Å². The third kappa shape index (κ3) is 18.6. The number of unbranched alkanes of at least 4 members (excludes halogenated alkanes) is 16. The van der Waals surface area contributed by atoms with Crippen molar-refractivity contribution in [1.82, 2.24) is 10.2 Å². The molecule has 0 unspecified atom stereocenters. The normalized spacial score (nSPS) is 13.7. The Morgan fingerprint density at radius 1 is 0.707 bits per heavy atom. The van der Waals surface area contributed by atoms with Gasteiger partial charge in [0.1, 0.15) is 5.75 Å². The van der Waals surface area contributed by atoms with Crippen molar-refractivity contribution in [3.63, 3.8) is 0 Å². The number of thiophene rings is 1. The number of hydrogen-bond acceptors (Lipinski definition) is 6. The largest absolute Gasteiger partial charge is 0.426 e. The van der Waals surface area contributed by atoms with Crippen molar-refractivity contribution in [2.45, 2.75) is 180 Å². The smallest absolute Gasteiger partial charge is 0.311 e. The van der Waals surface area contributed by atoms with Gasteiger partial charge in [0, 0.05) is 48.1 Å². The van der Waals surface area contributed by atoms with Crippen LogP contribution >= 0.6 is 11.3 Å². The number of rotatable bonds is 31. The number of nitrogens with zero attached hydrogens (tertiary/aromatic N) is 1. The summed E-state index contributed by atoms with van der Waals surface area (Å²) in [5.74, 6) is 0.222. The number of amides is 2. The van der Waals surface area contributed by atoms with E-state index in [4.69, 9.17) is 4.74 Å². The number of fused-ring (bicyclic) bond motifs is 1. The summed E-state index contributed by atoms with van der Waals surface area (Å²) in [6.07, 6.45) is 28.9. The van der Waals surface area contributed by atoms with Gasteiger partial charge in [0.05, 0.1) is 0 Å². The molecule has 0 fully saturated rings. The molecule has 1 aliphatic carbocycles. The quantitative estimate of drug-likeness (QED) is 0.0384. The summed E-state index contributed by atoms with van der Waals surface area (Å²) in [6.45, 7) is 7.07. The molecule has 1 heterocycles. The SMILES string of the molecule is CCCCCCCCCCCCCCCCCCCC(=O)Nc1ccc(C(=O)NCCCC(=O)Oc2cccc3c2CC[C@H](N(CCC)CCc2cccs2)C3)cc1. The van der Waals surface area contributed by atoms with Crippen LogP contribution in [0.5, 0.6) is 5.75 Å². The summed E-state index contributed by atoms with van der Waals surface area (Å²) in [4.78, 5) is 42.2. The predicted molar refractivity (Wildman–Crippen MR) is 243 cm³/mol. The topological polar surface area (TPSA) is 87.7 Å². The maximum Gasteiger partial charge on any atom is 0.311 e. The molecule has 0 radical (unpaired) electrons. The van der Waals surface area contributed by atoms with Crippen molar-refractivity contribution in [1.29, 1.82) is 0 Å². The number of hydrogen-bond donors (Lipinski definition) is 2. The van der Waals surface area contributed by atoms with Gasteiger partial charge in [0.2, 0.25) is 5.91 Å². The lowest BCUT2D eigenvalue weighted by atomic mass is 9.86. The number of nitrogens with one attached hydrogen (secondary N) is 2. The second-order valence-electron chi connectivity index (χ2n) is 16.5. The van der Waals surface area contributed by atoms with Gasteiger partial charge in [0.25, 0.3) is 5.91 Å². The van der Waals surface area contributed by atoms with Crippen LogP contribution in [0.25, 0.3) is 0 Å². The number of carbonyl (C=O) groups excluding carboxylic acids is 3. The average molecular weight is 814 g/mol. The van der Waals surface area contributed by atoms with Gasteiger partial charge in [-0.3, -0.25) is 19.3 Å². The van der Waals surface area contributed by atoms with Gasteiger partial charge >= 0.3 is 5.97 Å². The monoisotopic (exact) mass is 814 g/mol. The molecule has 2 N–H and O–H groups in total. The van der Waals surface area contributed by atoms with E-state index >= 15 is 0 Å². The standard InChI is InChI=1S/C50H75N3O4S/c1-3-5-6-7-8-9-10-11-12-13-14-15-16-17-18-19-20-27-48(54)52-43-31-29-41(30-32-43)50(56)51-36-22-28-49(55)57-47-26-21-24-42-40-44(33-34-46(42)47)53(37-4-2)38-35-45-25-23-39-58-45/h21,23-26,29-32,39,44H,3-20,22,27-28,33-38,40H2,1-2H3,(H,51,56)(H,52,54)/t44-/m0/s1. The summed E-state index contributed by atoms with van der Waals surface area (Å²) >= 11 is 1.83. The van der Waals surface area contributed by atoms with E-state index in [0.29, 0.717) is 42.4 Å². The second kappa shape index (κ2) is 28.9. The summed E-state index contributed by atoms with van der Waals surface area (Å²) in [6, 6.07) is 17.9. The number of benzene rings is 2. The number of ether oxygens (including phenoxy) is 1. The minimum atomic E-state index is -0.275. The Bertz CT molecular complexity index is 1570. The zero-order chi connectivity index (χ0) is 41.0. The highest BCUT2D eigenvalue weighted by Crippen LogP contribution is 2.32. The van der Waals surface area contributed by atoms with Gasteiger partial charge in [0.15, 0.2) is 0 Å². The molecular formula is C50H75N3O4S. The van der Waals surface area contributed by atoms with Gasteiger partial charge in [-0.1, -0.05) is 135 Å². The van der Waals surface area contributed by atoms with E-state index in [1.54, 1.807) is 24.3 Å². The van der Waals surface area contributed by atoms with Crippen molar-refractivity contribution in [3.05, 3.63) is 81.5 Å². The maximum absolute atomic E-state index is 12.8. The first-order chi connectivity index (χ1) is 28.5. The number of anilines is 1. The van der Waals surface area contributed by atoms with Crippen molar-refractivity contribution in [3.8, 4) is 5.75 Å². The highest BCUT2D eigenvalue weighted by molar-refractivity contribution is 7.09. The molecule has 3 aromatic rings. The van der Waals surface area contributed by atoms with Crippen LogP contribution in [-0.2, 0) is 28.9 Å². The third-order valence-corrected chi connectivity index (χ3v) is 12.6. The van der Waals surface area contributed by atoms with Crippen molar-refractivity contribution in [2.75, 3.05) is 25.0 Å². The Kier molecular flexibility index (Phi) is 23.5. The Balaban J connectivity index is 1.02. The van der Waals surface area contributed by atoms with Crippen LogP contribution in [0, 0.1) is 0 Å². The molecule has 2 amide bonds. The molecular weight excluding hydrogens is 739 g/mol. The van der Waals surface area contributed by atoms with Crippen LogP contribution in [0.2, 0.25) is 0 Å². The fourth-order valence-electron chi connectivity index (χ4n) is 8.28. The molecule has 0 aliphatic heterocycles. The van der Waals surface area contributed by atoms with E-state index in [-0.39, 0.29) is 24.2 Å². The molecule has 0 spiro atoms. The Morgan fingerprint density at radius 2 is 1.36 bits per heavy atom. The molecule has 1 aromatic heterocycles. The minimum absolute atomic E-state index is 0.0179. The zero-order valence-electron chi connectivity index (χ0n) is 36.1. The van der Waals surface area contributed by atoms with Crippen molar-refractivity contribution < 1.29 is 19.1 Å². The number of esters is 1. The highest BCUT2D eigenvalue weighted by atomic mass is 32.1. The fourth-order valence-corrected chi connectivity index (χ4v) is 8.98. The van der Waals surface area contributed by atoms with Crippen LogP contribution in [0.4, 0.5) is 5.69 Å². The van der Waals surface area contributed by atoms with Crippen LogP contribution in [-0.4, -0.2) is 48.4 Å². The molecule has 1 atom stereocenters. The van der Waals surface area contributed by atoms with Gasteiger partial charge in [-0.05, 0) is 104 Å². The Morgan fingerprint density at radius 3 is 1.98 bits per heavy atom.